The highest BCUT2D eigenvalue weighted by atomic mass is 16.4. The molecule has 15 amide bonds. The van der Waals surface area contributed by atoms with Crippen LogP contribution in [0.5, 0.6) is 0 Å². The average Bonchev–Trinajstić information content (AvgIpc) is 0.843. The van der Waals surface area contributed by atoms with Gasteiger partial charge in [0, 0.05) is 38.9 Å². The number of carbonyl (C=O) groups excluding carboxylic acids is 15. The van der Waals surface area contributed by atoms with E-state index < -0.39 is 261 Å². The van der Waals surface area contributed by atoms with Crippen LogP contribution in [0.3, 0.4) is 0 Å². The molecule has 0 bridgehead atoms. The number of hydrogen-bond acceptors (Lipinski definition) is 25. The number of nitrogens with zero attached hydrogens (tertiary/aromatic N) is 2. The van der Waals surface area contributed by atoms with Crippen LogP contribution < -0.4 is 86.7 Å². The molecule has 2 rings (SSSR count). The van der Waals surface area contributed by atoms with Gasteiger partial charge in [-0.05, 0) is 75.8 Å². The summed E-state index contributed by atoms with van der Waals surface area (Å²) in [5, 5.41) is 97.5. The Kier molecular flexibility index (Phi) is 41.2. The third kappa shape index (κ3) is 34.3. The molecule has 15 atom stereocenters. The molecule has 2 aromatic rings. The molecule has 0 unspecified atom stereocenters. The van der Waals surface area contributed by atoms with Gasteiger partial charge in [0.25, 0.3) is 0 Å². The largest absolute Gasteiger partial charge is 0.481 e. The van der Waals surface area contributed by atoms with Crippen molar-refractivity contribution in [3.63, 3.8) is 0 Å². The van der Waals surface area contributed by atoms with E-state index in [4.69, 9.17) is 22.9 Å². The van der Waals surface area contributed by atoms with Gasteiger partial charge >= 0.3 is 17.9 Å². The van der Waals surface area contributed by atoms with Crippen molar-refractivity contribution >= 4 is 107 Å². The summed E-state index contributed by atoms with van der Waals surface area (Å²) in [7, 11) is 1.03. The van der Waals surface area contributed by atoms with Crippen LogP contribution in [0.2, 0.25) is 0 Å². The van der Waals surface area contributed by atoms with E-state index in [1.165, 1.54) is 33.3 Å². The number of rotatable bonds is 51. The predicted octanol–water partition coefficient (Wildman–Crippen LogP) is -9.67. The Morgan fingerprint density at radius 1 is 0.509 bits per heavy atom. The third-order valence-electron chi connectivity index (χ3n) is 16.8. The SMILES string of the molecule is CC(C)C[C@H](NC(=O)[C@H](CO)NC(=O)[C@H](CO)NC(=O)[C@@H](N(C)C(=O)[C@H](CCC(=O)O)NC(=O)[C@H](CC(N)=O)NC(=O)[C@H](CCC(N)=O)NC(=O)[C@H](CC(=O)O)NC(=O)[C@H](CCCCN)NC(=O)[C@H](Cc1ccccc1)NC(=O)CNC(=O)[C@@H](NC(=O)[C@@H](NC(=O)[C@@H](N)Cc1c[nH]cn1)[C@@H](C)O)[C@@H](C)O)C(C)(C)C)C(=O)O. The lowest BCUT2D eigenvalue weighted by atomic mass is 9.84. The van der Waals surface area contributed by atoms with E-state index in [0.29, 0.717) is 11.3 Å². The van der Waals surface area contributed by atoms with Crippen molar-refractivity contribution in [1.29, 1.82) is 0 Å². The van der Waals surface area contributed by atoms with Crippen LogP contribution in [0.15, 0.2) is 42.9 Å². The third-order valence-corrected chi connectivity index (χ3v) is 16.8. The number of nitrogens with two attached hydrogens (primary N) is 4. The predicted molar refractivity (Wildman–Crippen MR) is 390 cm³/mol. The summed E-state index contributed by atoms with van der Waals surface area (Å²) in [4.78, 5) is 249. The number of imidazole rings is 1. The Hall–Kier alpha value is -11.3. The van der Waals surface area contributed by atoms with Gasteiger partial charge in [-0.15, -0.1) is 0 Å². The molecule has 1 heterocycles. The standard InChI is InChI=1S/C68H107N19O25/c1-32(2)22-44(67(111)112)82-61(105)45(29-88)83-62(106)46(30-89)84-65(109)54(68(5,6)7)87(8)66(110)40(18-20-50(95)96)79-59(103)42(25-48(72)93)80-57(101)39(17-19-47(71)92)78-60(104)43(26-51(97)98)81-56(100)38(16-12-13-21-69)77-58(102)41(23-35-14-10-9-11-15-35)76-49(94)28-74-63(107)52(33(3)90)86-64(108)53(34(4)91)85-55(99)37(70)24-36-27-73-31-75-36/h9-11,14-15,27,31-34,37-46,52-54,88-91H,12-13,16-26,28-30,69-70H2,1-8H3,(H2,71,92)(H2,72,93)(H,73,75)(H,74,107)(H,76,94)(H,77,102)(H,78,104)(H,79,103)(H,80,101)(H,81,100)(H,82,105)(H,83,106)(H,84,109)(H,85,99)(H,86,108)(H,95,96)(H,97,98)(H,111,112)/t33-,34-,37+,38+,39+,40+,41+,42+,43+,44+,45+,46+,52+,53+,54-/m1/s1. The highest BCUT2D eigenvalue weighted by Crippen LogP contribution is 2.26. The summed E-state index contributed by atoms with van der Waals surface area (Å²) in [5.74, 6) is -23.1. The molecule has 0 spiro atoms. The molecule has 0 saturated carbocycles. The van der Waals surface area contributed by atoms with Crippen LogP contribution in [-0.2, 0) is 99.1 Å². The van der Waals surface area contributed by atoms with Gasteiger partial charge in [-0.1, -0.05) is 65.0 Å². The number of unbranched alkanes of at least 4 members (excludes halogenated alkanes) is 1. The second-order valence-electron chi connectivity index (χ2n) is 27.9. The summed E-state index contributed by atoms with van der Waals surface area (Å²) in [5.41, 5.74) is 22.1. The van der Waals surface area contributed by atoms with Gasteiger partial charge in [0.05, 0.1) is 62.9 Å². The fourth-order valence-electron chi connectivity index (χ4n) is 11.0. The fourth-order valence-corrected chi connectivity index (χ4v) is 11.0. The van der Waals surface area contributed by atoms with Gasteiger partial charge in [0.1, 0.15) is 72.5 Å². The van der Waals surface area contributed by atoms with E-state index in [9.17, 15) is 122 Å². The second-order valence-corrected chi connectivity index (χ2v) is 27.9. The van der Waals surface area contributed by atoms with Crippen LogP contribution in [0.4, 0.5) is 0 Å². The van der Waals surface area contributed by atoms with Crippen molar-refractivity contribution in [1.82, 2.24) is 78.7 Å². The topological polar surface area (TPSA) is 729 Å². The number of aromatic amines is 1. The number of aliphatic carboxylic acids is 3. The number of carboxylic acids is 3. The number of likely N-dealkylation sites (N-methyl/N-ethyl adjacent to an activating group) is 1. The maximum Gasteiger partial charge on any atom is 0.326 e. The maximum atomic E-state index is 14.5. The van der Waals surface area contributed by atoms with Gasteiger partial charge in [-0.3, -0.25) is 81.5 Å². The van der Waals surface area contributed by atoms with Crippen molar-refractivity contribution < 1.29 is 122 Å². The summed E-state index contributed by atoms with van der Waals surface area (Å²) in [6.07, 6.45) is -6.32. The smallest absolute Gasteiger partial charge is 0.326 e. The van der Waals surface area contributed by atoms with Crippen LogP contribution in [0.25, 0.3) is 0 Å². The summed E-state index contributed by atoms with van der Waals surface area (Å²) in [6, 6.07) is -15.4. The Morgan fingerprint density at radius 3 is 1.45 bits per heavy atom. The molecule has 0 saturated heterocycles. The number of nitrogens with one attached hydrogen (secondary N) is 13. The molecular weight excluding hydrogens is 1480 g/mol. The van der Waals surface area contributed by atoms with E-state index >= 15 is 0 Å². The maximum absolute atomic E-state index is 14.5. The molecular formula is C68H107N19O25. The molecule has 0 aliphatic heterocycles. The van der Waals surface area contributed by atoms with Gasteiger partial charge in [-0.25, -0.2) is 9.78 Å². The summed E-state index contributed by atoms with van der Waals surface area (Å²) < 4.78 is 0. The normalized spacial score (nSPS) is 15.3. The number of carboxylic acid groups (broad SMARTS) is 3. The molecule has 1 aromatic heterocycles. The molecule has 1 aromatic carbocycles. The Labute approximate surface area is 643 Å². The van der Waals surface area contributed by atoms with Gasteiger partial charge in [0.15, 0.2) is 0 Å². The zero-order valence-corrected chi connectivity index (χ0v) is 63.3. The van der Waals surface area contributed by atoms with Crippen LogP contribution in [-0.4, -0.2) is 281 Å². The first kappa shape index (κ1) is 96.7. The van der Waals surface area contributed by atoms with Crippen molar-refractivity contribution in [2.24, 2.45) is 34.3 Å². The number of primary amides is 2. The zero-order chi connectivity index (χ0) is 85.0. The van der Waals surface area contributed by atoms with E-state index in [2.05, 4.69) is 73.8 Å². The molecule has 624 valence electrons. The van der Waals surface area contributed by atoms with Crippen LogP contribution in [0, 0.1) is 11.3 Å². The van der Waals surface area contributed by atoms with Crippen LogP contribution >= 0.6 is 0 Å². The quantitative estimate of drug-likeness (QED) is 0.0274. The van der Waals surface area contributed by atoms with Crippen molar-refractivity contribution in [3.05, 3.63) is 54.1 Å². The van der Waals surface area contributed by atoms with E-state index in [0.717, 1.165) is 25.8 Å². The summed E-state index contributed by atoms with van der Waals surface area (Å²) >= 11 is 0. The Balaban J connectivity index is 2.49. The minimum Gasteiger partial charge on any atom is -0.481 e. The number of aromatic nitrogens is 2. The van der Waals surface area contributed by atoms with Crippen molar-refractivity contribution in [2.75, 3.05) is 33.4 Å². The van der Waals surface area contributed by atoms with Gasteiger partial charge < -0.3 is 132 Å². The van der Waals surface area contributed by atoms with Crippen LogP contribution in [0.1, 0.15) is 124 Å². The Bertz CT molecular complexity index is 3580. The van der Waals surface area contributed by atoms with Crippen molar-refractivity contribution in [2.45, 2.75) is 216 Å². The number of aliphatic hydroxyl groups is 4. The monoisotopic (exact) mass is 1590 g/mol. The number of H-pyrrole nitrogens is 1. The lowest BCUT2D eigenvalue weighted by molar-refractivity contribution is -0.147. The number of benzene rings is 1. The minimum atomic E-state index is -2.17. The molecule has 0 fully saturated rings. The lowest BCUT2D eigenvalue weighted by Gasteiger charge is -2.39. The fraction of sp³-hybridized carbons (Fsp3) is 0.603. The number of amides is 15. The number of aliphatic hydroxyl groups excluding tert-OH is 4. The average molecular weight is 1590 g/mol. The van der Waals surface area contributed by atoms with E-state index in [-0.39, 0.29) is 51.0 Å². The van der Waals surface area contributed by atoms with Gasteiger partial charge in [-0.2, -0.15) is 0 Å². The first-order valence-electron chi connectivity index (χ1n) is 35.5. The first-order chi connectivity index (χ1) is 52.3. The first-order valence-corrected chi connectivity index (χ1v) is 35.5. The molecule has 44 nitrogen and oxygen atoms in total. The number of hydrogen-bond donors (Lipinski definition) is 24. The molecule has 28 N–H and O–H groups in total. The van der Waals surface area contributed by atoms with E-state index in [1.54, 1.807) is 44.2 Å². The minimum absolute atomic E-state index is 0.0450. The van der Waals surface area contributed by atoms with Crippen molar-refractivity contribution in [3.8, 4) is 0 Å². The molecule has 0 aliphatic carbocycles. The molecule has 0 aliphatic rings. The highest BCUT2D eigenvalue weighted by molar-refractivity contribution is 6.01. The van der Waals surface area contributed by atoms with E-state index in [1.807, 2.05) is 0 Å². The molecule has 112 heavy (non-hydrogen) atoms. The zero-order valence-electron chi connectivity index (χ0n) is 63.3. The summed E-state index contributed by atoms with van der Waals surface area (Å²) in [6.45, 7) is 6.74. The lowest BCUT2D eigenvalue weighted by Crippen LogP contribution is -2.63. The molecule has 44 heteroatoms. The number of carbonyl (C=O) groups is 18. The van der Waals surface area contributed by atoms with Gasteiger partial charge in [0.2, 0.25) is 88.6 Å². The molecule has 0 radical (unpaired) electrons. The Morgan fingerprint density at radius 2 is 0.973 bits per heavy atom. The second kappa shape index (κ2) is 47.7. The highest BCUT2D eigenvalue weighted by Gasteiger charge is 2.43.